The lowest BCUT2D eigenvalue weighted by Crippen LogP contribution is -2.23. The maximum absolute atomic E-state index is 12.7. The standard InChI is InChI=1S/C19H21N3O/c1-12-5-6-13(2)17(9-12)21-19(23)15(4)22-11-14(3)16-7-8-20-10-18(16)22/h5-11,15H,1-4H3,(H,21,23). The number of nitrogens with zero attached hydrogens (tertiary/aromatic N) is 2. The van der Waals surface area contributed by atoms with Crippen LogP contribution in [0.3, 0.4) is 0 Å². The molecule has 0 aliphatic heterocycles. The zero-order valence-electron chi connectivity index (χ0n) is 13.9. The van der Waals surface area contributed by atoms with E-state index in [0.29, 0.717) is 0 Å². The fourth-order valence-electron chi connectivity index (χ4n) is 2.83. The fourth-order valence-corrected chi connectivity index (χ4v) is 2.83. The number of pyridine rings is 1. The topological polar surface area (TPSA) is 46.9 Å². The third-order valence-electron chi connectivity index (χ3n) is 4.28. The van der Waals surface area contributed by atoms with Crippen LogP contribution in [0, 0.1) is 20.8 Å². The van der Waals surface area contributed by atoms with Crippen molar-refractivity contribution in [1.29, 1.82) is 0 Å². The fraction of sp³-hybridized carbons (Fsp3) is 0.263. The Morgan fingerprint density at radius 3 is 2.74 bits per heavy atom. The number of fused-ring (bicyclic) bond motifs is 1. The summed E-state index contributed by atoms with van der Waals surface area (Å²) in [5.74, 6) is -0.0283. The van der Waals surface area contributed by atoms with E-state index in [1.165, 1.54) is 0 Å². The summed E-state index contributed by atoms with van der Waals surface area (Å²) in [5.41, 5.74) is 5.19. The smallest absolute Gasteiger partial charge is 0.247 e. The minimum Gasteiger partial charge on any atom is -0.334 e. The van der Waals surface area contributed by atoms with Gasteiger partial charge in [0.2, 0.25) is 5.91 Å². The van der Waals surface area contributed by atoms with E-state index in [1.807, 2.05) is 68.9 Å². The van der Waals surface area contributed by atoms with Crippen LogP contribution in [0.5, 0.6) is 0 Å². The first kappa shape index (κ1) is 15.3. The van der Waals surface area contributed by atoms with Crippen LogP contribution in [-0.2, 0) is 4.79 Å². The van der Waals surface area contributed by atoms with E-state index in [2.05, 4.69) is 10.3 Å². The van der Waals surface area contributed by atoms with Crippen molar-refractivity contribution in [1.82, 2.24) is 9.55 Å². The van der Waals surface area contributed by atoms with Crippen LogP contribution in [-0.4, -0.2) is 15.5 Å². The van der Waals surface area contributed by atoms with Crippen molar-refractivity contribution in [3.63, 3.8) is 0 Å². The van der Waals surface area contributed by atoms with Crippen molar-refractivity contribution >= 4 is 22.5 Å². The van der Waals surface area contributed by atoms with E-state index in [4.69, 9.17) is 0 Å². The maximum Gasteiger partial charge on any atom is 0.247 e. The summed E-state index contributed by atoms with van der Waals surface area (Å²) >= 11 is 0. The monoisotopic (exact) mass is 307 g/mol. The number of amides is 1. The molecule has 1 amide bonds. The second-order valence-corrected chi connectivity index (χ2v) is 6.10. The first-order valence-electron chi connectivity index (χ1n) is 7.76. The molecule has 3 rings (SSSR count). The van der Waals surface area contributed by atoms with Gasteiger partial charge in [0.15, 0.2) is 0 Å². The summed E-state index contributed by atoms with van der Waals surface area (Å²) in [6.45, 7) is 7.98. The lowest BCUT2D eigenvalue weighted by molar-refractivity contribution is -0.118. The number of carbonyl (C=O) groups is 1. The predicted octanol–water partition coefficient (Wildman–Crippen LogP) is 4.16. The van der Waals surface area contributed by atoms with Crippen molar-refractivity contribution < 1.29 is 4.79 Å². The molecular weight excluding hydrogens is 286 g/mol. The van der Waals surface area contributed by atoms with Crippen molar-refractivity contribution in [3.05, 3.63) is 59.5 Å². The zero-order chi connectivity index (χ0) is 16.6. The highest BCUT2D eigenvalue weighted by Gasteiger charge is 2.18. The normalized spacial score (nSPS) is 12.3. The van der Waals surface area contributed by atoms with Crippen LogP contribution >= 0.6 is 0 Å². The number of hydrogen-bond donors (Lipinski definition) is 1. The number of nitrogens with one attached hydrogen (secondary N) is 1. The molecule has 0 saturated heterocycles. The SMILES string of the molecule is Cc1ccc(C)c(NC(=O)C(C)n2cc(C)c3ccncc32)c1. The van der Waals surface area contributed by atoms with Crippen LogP contribution in [0.25, 0.3) is 10.9 Å². The Morgan fingerprint density at radius 1 is 1.17 bits per heavy atom. The van der Waals surface area contributed by atoms with Gasteiger partial charge in [-0.15, -0.1) is 0 Å². The average Bonchev–Trinajstić information content (AvgIpc) is 2.87. The molecule has 1 N–H and O–H groups in total. The van der Waals surface area contributed by atoms with E-state index in [9.17, 15) is 4.79 Å². The molecule has 0 spiro atoms. The molecule has 1 aromatic carbocycles. The Balaban J connectivity index is 1.91. The number of hydrogen-bond acceptors (Lipinski definition) is 2. The Bertz CT molecular complexity index is 879. The summed E-state index contributed by atoms with van der Waals surface area (Å²) < 4.78 is 1.98. The highest BCUT2D eigenvalue weighted by molar-refractivity contribution is 5.95. The molecule has 2 aromatic heterocycles. The molecule has 3 aromatic rings. The third kappa shape index (κ3) is 2.84. The third-order valence-corrected chi connectivity index (χ3v) is 4.28. The van der Waals surface area contributed by atoms with Gasteiger partial charge in [-0.05, 0) is 56.5 Å². The Labute approximate surface area is 136 Å². The largest absolute Gasteiger partial charge is 0.334 e. The maximum atomic E-state index is 12.7. The number of anilines is 1. The van der Waals surface area contributed by atoms with Crippen LogP contribution in [0.2, 0.25) is 0 Å². The first-order chi connectivity index (χ1) is 11.0. The number of rotatable bonds is 3. The summed E-state index contributed by atoms with van der Waals surface area (Å²) in [7, 11) is 0. The van der Waals surface area contributed by atoms with Gasteiger partial charge >= 0.3 is 0 Å². The van der Waals surface area contributed by atoms with E-state index in [-0.39, 0.29) is 11.9 Å². The van der Waals surface area contributed by atoms with Gasteiger partial charge in [-0.2, -0.15) is 0 Å². The van der Waals surface area contributed by atoms with Gasteiger partial charge < -0.3 is 9.88 Å². The number of aromatic nitrogens is 2. The zero-order valence-corrected chi connectivity index (χ0v) is 13.9. The molecule has 0 aliphatic rings. The van der Waals surface area contributed by atoms with Gasteiger partial charge in [0.05, 0.1) is 11.7 Å². The Kier molecular flexibility index (Phi) is 3.90. The molecule has 0 bridgehead atoms. The highest BCUT2D eigenvalue weighted by atomic mass is 16.2. The Morgan fingerprint density at radius 2 is 1.96 bits per heavy atom. The molecule has 1 atom stereocenters. The molecule has 1 unspecified atom stereocenters. The minimum absolute atomic E-state index is 0.0283. The molecule has 0 radical (unpaired) electrons. The average molecular weight is 307 g/mol. The minimum atomic E-state index is -0.310. The number of benzene rings is 1. The van der Waals surface area contributed by atoms with Gasteiger partial charge in [0.25, 0.3) is 0 Å². The van der Waals surface area contributed by atoms with Crippen LogP contribution in [0.4, 0.5) is 5.69 Å². The van der Waals surface area contributed by atoms with E-state index in [0.717, 1.165) is 33.3 Å². The molecule has 4 nitrogen and oxygen atoms in total. The van der Waals surface area contributed by atoms with Crippen LogP contribution in [0.1, 0.15) is 29.7 Å². The Hall–Kier alpha value is -2.62. The van der Waals surface area contributed by atoms with Gasteiger partial charge in [-0.25, -0.2) is 0 Å². The van der Waals surface area contributed by atoms with Crippen LogP contribution < -0.4 is 5.32 Å². The van der Waals surface area contributed by atoms with Gasteiger partial charge in [-0.1, -0.05) is 12.1 Å². The quantitative estimate of drug-likeness (QED) is 0.789. The van der Waals surface area contributed by atoms with Gasteiger partial charge in [-0.3, -0.25) is 9.78 Å². The summed E-state index contributed by atoms with van der Waals surface area (Å²) in [4.78, 5) is 16.9. The molecular formula is C19H21N3O. The lowest BCUT2D eigenvalue weighted by atomic mass is 10.1. The number of aryl methyl sites for hydroxylation is 3. The van der Waals surface area contributed by atoms with Crippen molar-refractivity contribution in [3.8, 4) is 0 Å². The molecule has 2 heterocycles. The molecule has 118 valence electrons. The van der Waals surface area contributed by atoms with Crippen molar-refractivity contribution in [2.75, 3.05) is 5.32 Å². The van der Waals surface area contributed by atoms with E-state index >= 15 is 0 Å². The number of carbonyl (C=O) groups excluding carboxylic acids is 1. The highest BCUT2D eigenvalue weighted by Crippen LogP contribution is 2.25. The molecule has 0 aliphatic carbocycles. The molecule has 0 saturated carbocycles. The molecule has 4 heteroatoms. The lowest BCUT2D eigenvalue weighted by Gasteiger charge is -2.16. The summed E-state index contributed by atoms with van der Waals surface area (Å²) in [5, 5.41) is 4.17. The van der Waals surface area contributed by atoms with Crippen molar-refractivity contribution in [2.45, 2.75) is 33.7 Å². The summed E-state index contributed by atoms with van der Waals surface area (Å²) in [6, 6.07) is 7.74. The first-order valence-corrected chi connectivity index (χ1v) is 7.76. The van der Waals surface area contributed by atoms with Gasteiger partial charge in [0.1, 0.15) is 6.04 Å². The molecule has 23 heavy (non-hydrogen) atoms. The van der Waals surface area contributed by atoms with E-state index < -0.39 is 0 Å². The molecule has 0 fully saturated rings. The van der Waals surface area contributed by atoms with Gasteiger partial charge in [0, 0.05) is 23.5 Å². The predicted molar refractivity (Wildman–Crippen MR) is 93.7 cm³/mol. The van der Waals surface area contributed by atoms with Crippen molar-refractivity contribution in [2.24, 2.45) is 0 Å². The van der Waals surface area contributed by atoms with E-state index in [1.54, 1.807) is 6.20 Å². The summed E-state index contributed by atoms with van der Waals surface area (Å²) in [6.07, 6.45) is 5.60. The van der Waals surface area contributed by atoms with Crippen LogP contribution in [0.15, 0.2) is 42.9 Å². The second-order valence-electron chi connectivity index (χ2n) is 6.10. The second kappa shape index (κ2) is 5.88.